The fourth-order valence-electron chi connectivity index (χ4n) is 5.47. The molecule has 5 rings (SSSR count). The fourth-order valence-corrected chi connectivity index (χ4v) is 5.47. The summed E-state index contributed by atoms with van der Waals surface area (Å²) in [5, 5.41) is 15.2. The van der Waals surface area contributed by atoms with Crippen molar-refractivity contribution in [2.24, 2.45) is 0 Å². The molecule has 1 aliphatic heterocycles. The van der Waals surface area contributed by atoms with Gasteiger partial charge < -0.3 is 25.2 Å². The van der Waals surface area contributed by atoms with Gasteiger partial charge in [0.1, 0.15) is 0 Å². The Bertz CT molecular complexity index is 1460. The quantitative estimate of drug-likeness (QED) is 0.193. The number of hydrogen-bond acceptors (Lipinski definition) is 5. The summed E-state index contributed by atoms with van der Waals surface area (Å²) in [6.07, 6.45) is 0.0132. The fraction of sp³-hybridized carbons (Fsp3) is 0.306. The van der Waals surface area contributed by atoms with Crippen molar-refractivity contribution in [3.05, 3.63) is 131 Å². The molecule has 0 aromatic heterocycles. The Morgan fingerprint density at radius 3 is 2.28 bits per heavy atom. The highest BCUT2D eigenvalue weighted by Crippen LogP contribution is 2.39. The first-order valence-corrected chi connectivity index (χ1v) is 14.9. The average Bonchev–Trinajstić information content (AvgIpc) is 3.04. The van der Waals surface area contributed by atoms with Gasteiger partial charge in [-0.15, -0.1) is 0 Å². The van der Waals surface area contributed by atoms with Gasteiger partial charge in [0, 0.05) is 38.2 Å². The number of urea groups is 1. The van der Waals surface area contributed by atoms with Gasteiger partial charge in [0.2, 0.25) is 0 Å². The zero-order chi connectivity index (χ0) is 30.0. The number of aliphatic hydroxyl groups is 1. The predicted molar refractivity (Wildman–Crippen MR) is 169 cm³/mol. The third-order valence-electron chi connectivity index (χ3n) is 7.64. The number of nitrogens with zero attached hydrogens (tertiary/aromatic N) is 1. The Morgan fingerprint density at radius 1 is 0.814 bits per heavy atom. The van der Waals surface area contributed by atoms with E-state index in [0.29, 0.717) is 13.1 Å². The highest BCUT2D eigenvalue weighted by atomic mass is 16.7. The van der Waals surface area contributed by atoms with E-state index in [1.165, 1.54) is 5.56 Å². The summed E-state index contributed by atoms with van der Waals surface area (Å²) in [7, 11) is 2.13. The van der Waals surface area contributed by atoms with Crippen molar-refractivity contribution >= 4 is 6.03 Å². The number of amides is 2. The van der Waals surface area contributed by atoms with Crippen molar-refractivity contribution in [3.63, 3.8) is 0 Å². The molecule has 1 saturated heterocycles. The third kappa shape index (κ3) is 8.52. The zero-order valence-corrected chi connectivity index (χ0v) is 24.9. The van der Waals surface area contributed by atoms with Crippen LogP contribution in [0.15, 0.2) is 103 Å². The van der Waals surface area contributed by atoms with Gasteiger partial charge in [-0.05, 0) is 59.5 Å². The van der Waals surface area contributed by atoms with Crippen molar-refractivity contribution in [2.75, 3.05) is 20.1 Å². The monoisotopic (exact) mass is 579 g/mol. The maximum absolute atomic E-state index is 11.9. The van der Waals surface area contributed by atoms with Gasteiger partial charge in [0.05, 0.1) is 18.8 Å². The molecule has 7 nitrogen and oxygen atoms in total. The van der Waals surface area contributed by atoms with Crippen LogP contribution in [0.25, 0.3) is 11.1 Å². The maximum atomic E-state index is 11.9. The predicted octanol–water partition coefficient (Wildman–Crippen LogP) is 6.34. The smallest absolute Gasteiger partial charge is 0.315 e. The van der Waals surface area contributed by atoms with E-state index in [1.54, 1.807) is 0 Å². The number of benzene rings is 4. The van der Waals surface area contributed by atoms with E-state index in [1.807, 2.05) is 55.5 Å². The summed E-state index contributed by atoms with van der Waals surface area (Å²) in [6.45, 7) is 4.54. The van der Waals surface area contributed by atoms with Crippen LogP contribution in [0, 0.1) is 0 Å². The van der Waals surface area contributed by atoms with Crippen LogP contribution in [-0.2, 0) is 29.2 Å². The molecule has 4 aromatic carbocycles. The number of carbonyl (C=O) groups is 1. The molecule has 1 aliphatic rings. The van der Waals surface area contributed by atoms with E-state index in [0.717, 1.165) is 52.9 Å². The molecule has 0 radical (unpaired) electrons. The van der Waals surface area contributed by atoms with Gasteiger partial charge >= 0.3 is 6.03 Å². The highest BCUT2D eigenvalue weighted by Gasteiger charge is 2.33. The molecular weight excluding hydrogens is 538 g/mol. The molecule has 43 heavy (non-hydrogen) atoms. The molecule has 0 spiro atoms. The lowest BCUT2D eigenvalue weighted by Gasteiger charge is -2.38. The third-order valence-corrected chi connectivity index (χ3v) is 7.64. The Balaban J connectivity index is 1.35. The zero-order valence-electron chi connectivity index (χ0n) is 24.9. The standard InChI is InChI=1S/C36H41N3O4/c1-3-37-36(41)38-22-28-11-7-12-30(19-28)31-13-8-14-32(20-31)35-42-33(24-39(2)23-26-9-5-4-6-10-26)21-34(43-35)29-17-15-27(25-40)16-18-29/h4-20,33-35,40H,3,21-25H2,1-2H3,(H2,37,38,41)/t33-,34+,35+/m1/s1. The van der Waals surface area contributed by atoms with Crippen LogP contribution in [0.2, 0.25) is 0 Å². The molecule has 1 heterocycles. The Labute approximate surface area is 254 Å². The molecule has 3 N–H and O–H groups in total. The molecule has 3 atom stereocenters. The first-order valence-electron chi connectivity index (χ1n) is 14.9. The molecule has 7 heteroatoms. The van der Waals surface area contributed by atoms with Crippen LogP contribution in [0.3, 0.4) is 0 Å². The van der Waals surface area contributed by atoms with Crippen LogP contribution >= 0.6 is 0 Å². The number of rotatable bonds is 11. The number of ether oxygens (including phenoxy) is 2. The van der Waals surface area contributed by atoms with Crippen LogP contribution < -0.4 is 10.6 Å². The average molecular weight is 580 g/mol. The van der Waals surface area contributed by atoms with Crippen LogP contribution in [-0.4, -0.2) is 42.3 Å². The van der Waals surface area contributed by atoms with Gasteiger partial charge in [-0.25, -0.2) is 4.79 Å². The molecule has 2 amide bonds. The van der Waals surface area contributed by atoms with Crippen LogP contribution in [0.4, 0.5) is 4.79 Å². The van der Waals surface area contributed by atoms with E-state index < -0.39 is 6.29 Å². The molecular formula is C36H41N3O4. The van der Waals surface area contributed by atoms with Crippen molar-refractivity contribution in [2.45, 2.75) is 51.5 Å². The number of hydrogen-bond donors (Lipinski definition) is 3. The molecule has 224 valence electrons. The lowest BCUT2D eigenvalue weighted by molar-refractivity contribution is -0.252. The Kier molecular flexibility index (Phi) is 10.6. The number of carbonyl (C=O) groups excluding carboxylic acids is 1. The molecule has 1 fully saturated rings. The second kappa shape index (κ2) is 14.9. The minimum absolute atomic E-state index is 0.0143. The van der Waals surface area contributed by atoms with E-state index >= 15 is 0 Å². The Hall–Kier alpha value is -4.01. The largest absolute Gasteiger partial charge is 0.392 e. The van der Waals surface area contributed by atoms with Crippen molar-refractivity contribution in [1.82, 2.24) is 15.5 Å². The van der Waals surface area contributed by atoms with Crippen LogP contribution in [0.5, 0.6) is 0 Å². The van der Waals surface area contributed by atoms with Gasteiger partial charge in [0.25, 0.3) is 0 Å². The van der Waals surface area contributed by atoms with Gasteiger partial charge in [-0.1, -0.05) is 91.0 Å². The molecule has 4 aromatic rings. The maximum Gasteiger partial charge on any atom is 0.315 e. The topological polar surface area (TPSA) is 83.1 Å². The number of likely N-dealkylation sites (N-methyl/N-ethyl adjacent to an activating group) is 1. The highest BCUT2D eigenvalue weighted by molar-refractivity contribution is 5.74. The van der Waals surface area contributed by atoms with Crippen molar-refractivity contribution < 1.29 is 19.4 Å². The van der Waals surface area contributed by atoms with Crippen molar-refractivity contribution in [1.29, 1.82) is 0 Å². The summed E-state index contributed by atoms with van der Waals surface area (Å²) in [5.41, 5.74) is 7.30. The van der Waals surface area contributed by atoms with E-state index in [4.69, 9.17) is 9.47 Å². The first kappa shape index (κ1) is 30.4. The van der Waals surface area contributed by atoms with Crippen molar-refractivity contribution in [3.8, 4) is 11.1 Å². The number of nitrogens with one attached hydrogen (secondary N) is 2. The van der Waals surface area contributed by atoms with E-state index in [2.05, 4.69) is 77.2 Å². The van der Waals surface area contributed by atoms with Crippen LogP contribution in [0.1, 0.15) is 53.6 Å². The SMILES string of the molecule is CCNC(=O)NCc1cccc(-c2cccc([C@H]3O[C@@H](CN(C)Cc4ccccc4)C[C@@H](c4ccc(CO)cc4)O3)c2)c1. The summed E-state index contributed by atoms with van der Waals surface area (Å²) in [6, 6.07) is 34.8. The molecule has 0 aliphatic carbocycles. The summed E-state index contributed by atoms with van der Waals surface area (Å²) in [5.74, 6) is 0. The number of aliphatic hydroxyl groups excluding tert-OH is 1. The summed E-state index contributed by atoms with van der Waals surface area (Å²) >= 11 is 0. The van der Waals surface area contributed by atoms with Gasteiger partial charge in [-0.3, -0.25) is 4.90 Å². The molecule has 0 bridgehead atoms. The Morgan fingerprint density at radius 2 is 1.53 bits per heavy atom. The summed E-state index contributed by atoms with van der Waals surface area (Å²) < 4.78 is 13.2. The lowest BCUT2D eigenvalue weighted by Crippen LogP contribution is -2.37. The van der Waals surface area contributed by atoms with E-state index in [-0.39, 0.29) is 24.8 Å². The second-order valence-corrected chi connectivity index (χ2v) is 11.1. The lowest BCUT2D eigenvalue weighted by atomic mass is 9.98. The van der Waals surface area contributed by atoms with E-state index in [9.17, 15) is 9.90 Å². The molecule has 0 saturated carbocycles. The summed E-state index contributed by atoms with van der Waals surface area (Å²) in [4.78, 5) is 14.2. The molecule has 0 unspecified atom stereocenters. The minimum Gasteiger partial charge on any atom is -0.392 e. The second-order valence-electron chi connectivity index (χ2n) is 11.1. The minimum atomic E-state index is -0.533. The first-order chi connectivity index (χ1) is 21.0. The van der Waals surface area contributed by atoms with Gasteiger partial charge in [-0.2, -0.15) is 0 Å². The van der Waals surface area contributed by atoms with Gasteiger partial charge in [0.15, 0.2) is 6.29 Å². The normalized spacial score (nSPS) is 18.4.